The summed E-state index contributed by atoms with van der Waals surface area (Å²) in [5.74, 6) is -2.39. The molecule has 0 saturated carbocycles. The van der Waals surface area contributed by atoms with Crippen LogP contribution in [0.5, 0.6) is 0 Å². The predicted octanol–water partition coefficient (Wildman–Crippen LogP) is 1.66. The highest BCUT2D eigenvalue weighted by Gasteiger charge is 2.21. The molecule has 21 heavy (non-hydrogen) atoms. The lowest BCUT2D eigenvalue weighted by molar-refractivity contribution is -0.122. The number of anilines is 1. The molecule has 0 bridgehead atoms. The van der Waals surface area contributed by atoms with E-state index in [-0.39, 0.29) is 5.71 Å². The van der Waals surface area contributed by atoms with Crippen molar-refractivity contribution in [3.63, 3.8) is 0 Å². The summed E-state index contributed by atoms with van der Waals surface area (Å²) in [6, 6.07) is 8.51. The number of ether oxygens (including phenoxy) is 1. The van der Waals surface area contributed by atoms with Gasteiger partial charge in [0.25, 0.3) is 0 Å². The molecule has 0 radical (unpaired) electrons. The summed E-state index contributed by atoms with van der Waals surface area (Å²) in [4.78, 5) is 25.4. The van der Waals surface area contributed by atoms with Crippen molar-refractivity contribution < 1.29 is 14.3 Å². The van der Waals surface area contributed by atoms with Gasteiger partial charge in [-0.2, -0.15) is 5.26 Å². The van der Waals surface area contributed by atoms with Crippen LogP contribution in [0.25, 0.3) is 0 Å². The molecule has 1 atom stereocenters. The molecule has 0 aromatic heterocycles. The van der Waals surface area contributed by atoms with Crippen LogP contribution in [0.2, 0.25) is 0 Å². The van der Waals surface area contributed by atoms with Crippen LogP contribution >= 0.6 is 0 Å². The quantitative estimate of drug-likeness (QED) is 0.634. The number of benzene rings is 1. The third-order valence-corrected chi connectivity index (χ3v) is 2.83. The number of nitrogens with zero attached hydrogens (tertiary/aromatic N) is 2. The zero-order valence-corrected chi connectivity index (χ0v) is 12.2. The van der Waals surface area contributed by atoms with Gasteiger partial charge in [0.15, 0.2) is 12.4 Å². The summed E-state index contributed by atoms with van der Waals surface area (Å²) in [6.45, 7) is 0.855. The zero-order valence-electron chi connectivity index (χ0n) is 12.2. The number of carbonyl (C=O) groups excluding carboxylic acids is 2. The van der Waals surface area contributed by atoms with Gasteiger partial charge in [-0.25, -0.2) is 4.79 Å². The average molecular weight is 287 g/mol. The van der Waals surface area contributed by atoms with Crippen LogP contribution in [0.1, 0.15) is 17.3 Å². The van der Waals surface area contributed by atoms with Crippen molar-refractivity contribution in [2.45, 2.75) is 6.92 Å². The van der Waals surface area contributed by atoms with E-state index in [9.17, 15) is 9.59 Å². The SMILES string of the molecule is CC(=N)C(C#N)C(=O)COC(=O)c1cccc(N(C)C)c1. The van der Waals surface area contributed by atoms with Crippen molar-refractivity contribution >= 4 is 23.2 Å². The van der Waals surface area contributed by atoms with Gasteiger partial charge in [0, 0.05) is 25.5 Å². The minimum atomic E-state index is -1.16. The van der Waals surface area contributed by atoms with E-state index in [1.165, 1.54) is 6.92 Å². The van der Waals surface area contributed by atoms with Crippen LogP contribution in [0, 0.1) is 22.7 Å². The lowest BCUT2D eigenvalue weighted by atomic mass is 10.0. The number of nitrogens with one attached hydrogen (secondary N) is 1. The molecule has 1 rings (SSSR count). The Morgan fingerprint density at radius 2 is 2.10 bits per heavy atom. The Hall–Kier alpha value is -2.68. The van der Waals surface area contributed by atoms with Crippen molar-refractivity contribution in [2.24, 2.45) is 5.92 Å². The van der Waals surface area contributed by atoms with Crippen molar-refractivity contribution in [3.05, 3.63) is 29.8 Å². The summed E-state index contributed by atoms with van der Waals surface area (Å²) in [5.41, 5.74) is 1.10. The highest BCUT2D eigenvalue weighted by atomic mass is 16.5. The number of esters is 1. The molecule has 0 fully saturated rings. The van der Waals surface area contributed by atoms with Gasteiger partial charge in [0.1, 0.15) is 5.92 Å². The van der Waals surface area contributed by atoms with Crippen molar-refractivity contribution in [2.75, 3.05) is 25.6 Å². The van der Waals surface area contributed by atoms with E-state index in [0.717, 1.165) is 5.69 Å². The third kappa shape index (κ3) is 4.42. The lowest BCUT2D eigenvalue weighted by Crippen LogP contribution is -2.25. The Labute approximate surface area is 123 Å². The number of ketones is 1. The van der Waals surface area contributed by atoms with Crippen LogP contribution in [-0.4, -0.2) is 38.2 Å². The molecule has 0 aliphatic rings. The molecule has 6 heteroatoms. The fourth-order valence-electron chi connectivity index (χ4n) is 1.62. The lowest BCUT2D eigenvalue weighted by Gasteiger charge is -2.13. The van der Waals surface area contributed by atoms with Crippen LogP contribution in [0.3, 0.4) is 0 Å². The molecule has 6 nitrogen and oxygen atoms in total. The van der Waals surface area contributed by atoms with Gasteiger partial charge in [-0.3, -0.25) is 4.79 Å². The number of rotatable bonds is 6. The van der Waals surface area contributed by atoms with E-state index in [1.54, 1.807) is 24.3 Å². The minimum absolute atomic E-state index is 0.0619. The van der Waals surface area contributed by atoms with E-state index in [0.29, 0.717) is 5.56 Å². The smallest absolute Gasteiger partial charge is 0.338 e. The van der Waals surface area contributed by atoms with Gasteiger partial charge < -0.3 is 15.0 Å². The van der Waals surface area contributed by atoms with E-state index in [1.807, 2.05) is 25.1 Å². The molecule has 1 unspecified atom stereocenters. The number of hydrogen-bond acceptors (Lipinski definition) is 6. The first kappa shape index (κ1) is 16.4. The van der Waals surface area contributed by atoms with Crippen molar-refractivity contribution in [3.8, 4) is 6.07 Å². The third-order valence-electron chi connectivity index (χ3n) is 2.83. The first-order valence-corrected chi connectivity index (χ1v) is 6.28. The Morgan fingerprint density at radius 1 is 1.43 bits per heavy atom. The maximum Gasteiger partial charge on any atom is 0.338 e. The second-order valence-electron chi connectivity index (χ2n) is 4.73. The zero-order chi connectivity index (χ0) is 16.0. The molecule has 0 amide bonds. The number of carbonyl (C=O) groups is 2. The summed E-state index contributed by atoms with van der Waals surface area (Å²) in [6.07, 6.45) is 0. The van der Waals surface area contributed by atoms with E-state index in [4.69, 9.17) is 15.4 Å². The summed E-state index contributed by atoms with van der Waals surface area (Å²) >= 11 is 0. The Kier molecular flexibility index (Phi) is 5.61. The molecule has 1 N–H and O–H groups in total. The maximum atomic E-state index is 11.9. The molecule has 1 aromatic carbocycles. The number of hydrogen-bond donors (Lipinski definition) is 1. The monoisotopic (exact) mass is 287 g/mol. The van der Waals surface area contributed by atoms with Gasteiger partial charge in [-0.1, -0.05) is 6.07 Å². The van der Waals surface area contributed by atoms with E-state index in [2.05, 4.69) is 0 Å². The second-order valence-corrected chi connectivity index (χ2v) is 4.73. The largest absolute Gasteiger partial charge is 0.454 e. The van der Waals surface area contributed by atoms with Crippen LogP contribution in [0.15, 0.2) is 24.3 Å². The molecular weight excluding hydrogens is 270 g/mol. The minimum Gasteiger partial charge on any atom is -0.454 e. The average Bonchev–Trinajstić information content (AvgIpc) is 2.45. The fourth-order valence-corrected chi connectivity index (χ4v) is 1.62. The van der Waals surface area contributed by atoms with E-state index < -0.39 is 24.3 Å². The van der Waals surface area contributed by atoms with Gasteiger partial charge in [-0.05, 0) is 25.1 Å². The first-order valence-electron chi connectivity index (χ1n) is 6.28. The molecule has 1 aromatic rings. The highest BCUT2D eigenvalue weighted by molar-refractivity contribution is 6.06. The Morgan fingerprint density at radius 3 is 2.62 bits per heavy atom. The van der Waals surface area contributed by atoms with E-state index >= 15 is 0 Å². The molecule has 0 saturated heterocycles. The summed E-state index contributed by atoms with van der Waals surface area (Å²) < 4.78 is 4.90. The summed E-state index contributed by atoms with van der Waals surface area (Å²) in [5, 5.41) is 16.1. The predicted molar refractivity (Wildman–Crippen MR) is 78.6 cm³/mol. The second kappa shape index (κ2) is 7.20. The van der Waals surface area contributed by atoms with Crippen molar-refractivity contribution in [1.29, 1.82) is 10.7 Å². The molecule has 110 valence electrons. The van der Waals surface area contributed by atoms with Crippen LogP contribution < -0.4 is 4.90 Å². The first-order chi connectivity index (χ1) is 9.86. The Bertz CT molecular complexity index is 602. The maximum absolute atomic E-state index is 11.9. The molecule has 0 aliphatic carbocycles. The fraction of sp³-hybridized carbons (Fsp3) is 0.333. The van der Waals surface area contributed by atoms with Crippen LogP contribution in [0.4, 0.5) is 5.69 Å². The van der Waals surface area contributed by atoms with Crippen LogP contribution in [-0.2, 0) is 9.53 Å². The van der Waals surface area contributed by atoms with Crippen molar-refractivity contribution in [1.82, 2.24) is 0 Å². The molecule has 0 aliphatic heterocycles. The molecular formula is C15H17N3O3. The van der Waals surface area contributed by atoms with Gasteiger partial charge in [0.05, 0.1) is 11.6 Å². The van der Waals surface area contributed by atoms with Gasteiger partial charge >= 0.3 is 5.97 Å². The van der Waals surface area contributed by atoms with Gasteiger partial charge in [-0.15, -0.1) is 0 Å². The normalized spacial score (nSPS) is 11.1. The standard InChI is InChI=1S/C15H17N3O3/c1-10(17)13(8-16)14(19)9-21-15(20)11-5-4-6-12(7-11)18(2)3/h4-7,13,17H,9H2,1-3H3. The molecule has 0 heterocycles. The highest BCUT2D eigenvalue weighted by Crippen LogP contribution is 2.14. The Balaban J connectivity index is 2.70. The molecule has 0 spiro atoms. The summed E-state index contributed by atoms with van der Waals surface area (Å²) in [7, 11) is 3.69. The number of Topliss-reactive ketones (excluding diaryl/α,β-unsaturated/α-hetero) is 1. The topological polar surface area (TPSA) is 94.3 Å². The number of nitriles is 1. The van der Waals surface area contributed by atoms with Gasteiger partial charge in [0.2, 0.25) is 0 Å².